The molecule has 0 saturated heterocycles. The molecule has 0 spiro atoms. The Morgan fingerprint density at radius 2 is 1.93 bits per heavy atom. The van der Waals surface area contributed by atoms with Crippen LogP contribution in [0.2, 0.25) is 0 Å². The molecule has 6 nitrogen and oxygen atoms in total. The third-order valence-electron chi connectivity index (χ3n) is 4.46. The van der Waals surface area contributed by atoms with Crippen LogP contribution in [0, 0.1) is 5.92 Å². The van der Waals surface area contributed by atoms with Gasteiger partial charge in [0.05, 0.1) is 0 Å². The van der Waals surface area contributed by atoms with Crippen molar-refractivity contribution >= 4 is 17.1 Å². The number of hydrogen-bond acceptors (Lipinski definition) is 4. The highest BCUT2D eigenvalue weighted by Crippen LogP contribution is 2.27. The maximum Gasteiger partial charge on any atom is 0.407 e. The molecule has 1 N–H and O–H groups in total. The van der Waals surface area contributed by atoms with Gasteiger partial charge in [0.1, 0.15) is 11.2 Å². The van der Waals surface area contributed by atoms with Crippen LogP contribution >= 0.6 is 0 Å². The van der Waals surface area contributed by atoms with Crippen LogP contribution < -0.4 is 5.32 Å². The van der Waals surface area contributed by atoms with Crippen molar-refractivity contribution in [3.8, 4) is 11.1 Å². The van der Waals surface area contributed by atoms with Gasteiger partial charge in [0.2, 0.25) is 0 Å². The van der Waals surface area contributed by atoms with Gasteiger partial charge in [-0.05, 0) is 62.4 Å². The molecule has 0 aliphatic carbocycles. The summed E-state index contributed by atoms with van der Waals surface area (Å²) in [6, 6.07) is 6.19. The van der Waals surface area contributed by atoms with E-state index in [1.54, 1.807) is 12.4 Å². The number of carbonyl (C=O) groups excluding carboxylic acids is 1. The van der Waals surface area contributed by atoms with E-state index in [0.29, 0.717) is 19.0 Å². The first kappa shape index (κ1) is 20.8. The van der Waals surface area contributed by atoms with Crippen molar-refractivity contribution in [2.45, 2.75) is 53.2 Å². The van der Waals surface area contributed by atoms with Gasteiger partial charge in [-0.3, -0.25) is 4.98 Å². The Morgan fingerprint density at radius 3 is 2.59 bits per heavy atom. The molecule has 0 radical (unpaired) electrons. The number of alkyl carbamates (subject to hydrolysis) is 1. The van der Waals surface area contributed by atoms with Gasteiger partial charge in [0.15, 0.2) is 0 Å². The fourth-order valence-electron chi connectivity index (χ4n) is 3.31. The SMILES string of the molecule is CC(C)Cc1cn(CCNC(=O)OC(C)(C)C)c2ncc(-c3ccncc3)cc12. The average Bonchev–Trinajstić information content (AvgIpc) is 2.97. The highest BCUT2D eigenvalue weighted by molar-refractivity contribution is 5.85. The topological polar surface area (TPSA) is 69.0 Å². The van der Waals surface area contributed by atoms with Crippen molar-refractivity contribution in [3.63, 3.8) is 0 Å². The second kappa shape index (κ2) is 8.64. The molecular formula is C23H30N4O2. The Kier molecular flexibility index (Phi) is 6.20. The molecule has 0 fully saturated rings. The van der Waals surface area contributed by atoms with Crippen molar-refractivity contribution in [3.05, 3.63) is 48.5 Å². The van der Waals surface area contributed by atoms with E-state index in [9.17, 15) is 4.79 Å². The number of pyridine rings is 2. The number of nitrogens with zero attached hydrogens (tertiary/aromatic N) is 3. The van der Waals surface area contributed by atoms with Gasteiger partial charge in [-0.15, -0.1) is 0 Å². The zero-order valence-electron chi connectivity index (χ0n) is 17.9. The summed E-state index contributed by atoms with van der Waals surface area (Å²) >= 11 is 0. The second-order valence-corrected chi connectivity index (χ2v) is 8.71. The largest absolute Gasteiger partial charge is 0.444 e. The quantitative estimate of drug-likeness (QED) is 0.651. The minimum atomic E-state index is -0.500. The second-order valence-electron chi connectivity index (χ2n) is 8.71. The average molecular weight is 395 g/mol. The van der Waals surface area contributed by atoms with Gasteiger partial charge < -0.3 is 14.6 Å². The summed E-state index contributed by atoms with van der Waals surface area (Å²) < 4.78 is 7.42. The predicted molar refractivity (Wildman–Crippen MR) is 116 cm³/mol. The Bertz CT molecular complexity index is 972. The molecule has 3 aromatic rings. The lowest BCUT2D eigenvalue weighted by molar-refractivity contribution is 0.0526. The van der Waals surface area contributed by atoms with Crippen LogP contribution in [-0.2, 0) is 17.7 Å². The van der Waals surface area contributed by atoms with Crippen LogP contribution in [0.3, 0.4) is 0 Å². The van der Waals surface area contributed by atoms with Gasteiger partial charge in [0.25, 0.3) is 0 Å². The molecular weight excluding hydrogens is 364 g/mol. The maximum atomic E-state index is 11.9. The maximum absolute atomic E-state index is 11.9. The molecule has 0 aromatic carbocycles. The van der Waals surface area contributed by atoms with Crippen molar-refractivity contribution in [1.82, 2.24) is 19.9 Å². The van der Waals surface area contributed by atoms with Crippen molar-refractivity contribution in [2.24, 2.45) is 5.92 Å². The van der Waals surface area contributed by atoms with Crippen LogP contribution in [0.15, 0.2) is 43.0 Å². The van der Waals surface area contributed by atoms with Crippen LogP contribution in [0.1, 0.15) is 40.2 Å². The molecule has 0 saturated carbocycles. The first-order chi connectivity index (χ1) is 13.7. The Morgan fingerprint density at radius 1 is 1.21 bits per heavy atom. The molecule has 1 amide bonds. The van der Waals surface area contributed by atoms with E-state index < -0.39 is 11.7 Å². The van der Waals surface area contributed by atoms with E-state index >= 15 is 0 Å². The summed E-state index contributed by atoms with van der Waals surface area (Å²) in [5, 5.41) is 3.98. The van der Waals surface area contributed by atoms with Gasteiger partial charge in [0, 0.05) is 48.8 Å². The van der Waals surface area contributed by atoms with E-state index in [2.05, 4.69) is 41.0 Å². The zero-order valence-corrected chi connectivity index (χ0v) is 17.9. The van der Waals surface area contributed by atoms with Crippen molar-refractivity contribution in [1.29, 1.82) is 0 Å². The van der Waals surface area contributed by atoms with E-state index in [-0.39, 0.29) is 0 Å². The lowest BCUT2D eigenvalue weighted by atomic mass is 10.0. The smallest absolute Gasteiger partial charge is 0.407 e. The number of fused-ring (bicyclic) bond motifs is 1. The van der Waals surface area contributed by atoms with Gasteiger partial charge in [-0.25, -0.2) is 9.78 Å². The van der Waals surface area contributed by atoms with E-state index in [1.807, 2.05) is 39.1 Å². The van der Waals surface area contributed by atoms with Crippen molar-refractivity contribution < 1.29 is 9.53 Å². The molecule has 0 unspecified atom stereocenters. The summed E-state index contributed by atoms with van der Waals surface area (Å²) in [7, 11) is 0. The Labute approximate surface area is 172 Å². The first-order valence-corrected chi connectivity index (χ1v) is 10.1. The fourth-order valence-corrected chi connectivity index (χ4v) is 3.31. The number of ether oxygens (including phenoxy) is 1. The summed E-state index contributed by atoms with van der Waals surface area (Å²) in [4.78, 5) is 20.7. The number of nitrogens with one attached hydrogen (secondary N) is 1. The molecule has 6 heteroatoms. The minimum absolute atomic E-state index is 0.399. The van der Waals surface area contributed by atoms with Crippen LogP contribution in [0.25, 0.3) is 22.2 Å². The number of hydrogen-bond donors (Lipinski definition) is 1. The van der Waals surface area contributed by atoms with E-state index in [1.165, 1.54) is 5.56 Å². The van der Waals surface area contributed by atoms with Gasteiger partial charge >= 0.3 is 6.09 Å². The molecule has 154 valence electrons. The Balaban J connectivity index is 1.83. The standard InChI is InChI=1S/C23H30N4O2/c1-16(2)12-19-15-27(11-10-25-22(28)29-23(3,4)5)21-20(19)13-18(14-26-21)17-6-8-24-9-7-17/h6-9,13-16H,10-12H2,1-5H3,(H,25,28). The third kappa shape index (κ3) is 5.56. The molecule has 0 aliphatic heterocycles. The number of aromatic nitrogens is 3. The molecule has 0 aliphatic rings. The highest BCUT2D eigenvalue weighted by Gasteiger charge is 2.16. The summed E-state index contributed by atoms with van der Waals surface area (Å²) in [6.07, 6.45) is 8.22. The van der Waals surface area contributed by atoms with E-state index in [4.69, 9.17) is 9.72 Å². The van der Waals surface area contributed by atoms with Crippen molar-refractivity contribution in [2.75, 3.05) is 6.54 Å². The first-order valence-electron chi connectivity index (χ1n) is 10.1. The Hall–Kier alpha value is -2.89. The summed E-state index contributed by atoms with van der Waals surface area (Å²) in [5.41, 5.74) is 3.89. The van der Waals surface area contributed by atoms with Crippen LogP contribution in [0.5, 0.6) is 0 Å². The normalized spacial score (nSPS) is 11.8. The lowest BCUT2D eigenvalue weighted by Crippen LogP contribution is -2.34. The molecule has 3 rings (SSSR count). The molecule has 29 heavy (non-hydrogen) atoms. The fraction of sp³-hybridized carbons (Fsp3) is 0.435. The molecule has 3 heterocycles. The lowest BCUT2D eigenvalue weighted by Gasteiger charge is -2.19. The summed E-state index contributed by atoms with van der Waals surface area (Å²) in [6.45, 7) is 11.1. The summed E-state index contributed by atoms with van der Waals surface area (Å²) in [5.74, 6) is 0.540. The highest BCUT2D eigenvalue weighted by atomic mass is 16.6. The number of rotatable bonds is 6. The monoisotopic (exact) mass is 394 g/mol. The number of carbonyl (C=O) groups is 1. The zero-order chi connectivity index (χ0) is 21.0. The third-order valence-corrected chi connectivity index (χ3v) is 4.46. The van der Waals surface area contributed by atoms with E-state index in [0.717, 1.165) is 28.6 Å². The number of amides is 1. The minimum Gasteiger partial charge on any atom is -0.444 e. The molecule has 0 atom stereocenters. The predicted octanol–water partition coefficient (Wildman–Crippen LogP) is 4.82. The molecule has 0 bridgehead atoms. The van der Waals surface area contributed by atoms with Gasteiger partial charge in [-0.2, -0.15) is 0 Å². The molecule has 3 aromatic heterocycles. The van der Waals surface area contributed by atoms with Gasteiger partial charge in [-0.1, -0.05) is 13.8 Å². The van der Waals surface area contributed by atoms with Crippen LogP contribution in [0.4, 0.5) is 4.79 Å². The van der Waals surface area contributed by atoms with Crippen LogP contribution in [-0.4, -0.2) is 32.8 Å².